The van der Waals surface area contributed by atoms with Crippen molar-refractivity contribution in [2.24, 2.45) is 0 Å². The molecule has 5 nitrogen and oxygen atoms in total. The van der Waals surface area contributed by atoms with E-state index in [4.69, 9.17) is 0 Å². The molecule has 0 bridgehead atoms. The van der Waals surface area contributed by atoms with Crippen LogP contribution in [0.5, 0.6) is 0 Å². The average Bonchev–Trinajstić information content (AvgIpc) is 2.67. The number of carbonyl (C=O) groups excluding carboxylic acids is 1. The van der Waals surface area contributed by atoms with E-state index in [9.17, 15) is 26.4 Å². The fourth-order valence-corrected chi connectivity index (χ4v) is 3.28. The first kappa shape index (κ1) is 17.7. The van der Waals surface area contributed by atoms with Crippen LogP contribution < -0.4 is 0 Å². The monoisotopic (exact) mass is 368 g/mol. The maximum Gasteiger partial charge on any atom is 0.534 e. The molecule has 0 fully saturated rings. The molecule has 1 aliphatic rings. The number of thioether (sulfide) groups is 1. The first-order chi connectivity index (χ1) is 10.7. The Labute approximate surface area is 134 Å². The number of hydrogen-bond donors (Lipinski definition) is 0. The van der Waals surface area contributed by atoms with Crippen LogP contribution in [-0.2, 0) is 19.0 Å². The van der Waals surface area contributed by atoms with Gasteiger partial charge >= 0.3 is 21.6 Å². The van der Waals surface area contributed by atoms with Crippen molar-refractivity contribution in [1.29, 1.82) is 0 Å². The molecule has 0 aliphatic carbocycles. The molecule has 10 heteroatoms. The molecule has 23 heavy (non-hydrogen) atoms. The SMILES string of the molecule is COC(=O)c1ccc2c(c1)SCCC=C2OS(=O)(=O)C(F)(F)F. The summed E-state index contributed by atoms with van der Waals surface area (Å²) in [6, 6.07) is 4.08. The van der Waals surface area contributed by atoms with E-state index >= 15 is 0 Å². The van der Waals surface area contributed by atoms with Gasteiger partial charge in [-0.1, -0.05) is 0 Å². The molecule has 0 saturated carbocycles. The van der Waals surface area contributed by atoms with Crippen LogP contribution in [0.15, 0.2) is 29.2 Å². The topological polar surface area (TPSA) is 69.7 Å². The van der Waals surface area contributed by atoms with Crippen molar-refractivity contribution in [3.8, 4) is 0 Å². The van der Waals surface area contributed by atoms with E-state index in [2.05, 4.69) is 8.92 Å². The van der Waals surface area contributed by atoms with Gasteiger partial charge in [0.2, 0.25) is 0 Å². The Morgan fingerprint density at radius 1 is 1.30 bits per heavy atom. The third-order valence-corrected chi connectivity index (χ3v) is 4.91. The van der Waals surface area contributed by atoms with E-state index in [1.54, 1.807) is 0 Å². The zero-order valence-electron chi connectivity index (χ0n) is 11.7. The van der Waals surface area contributed by atoms with E-state index in [-0.39, 0.29) is 11.1 Å². The van der Waals surface area contributed by atoms with Crippen LogP contribution in [0.1, 0.15) is 22.3 Å². The Balaban J connectivity index is 2.42. The van der Waals surface area contributed by atoms with E-state index < -0.39 is 27.4 Å². The van der Waals surface area contributed by atoms with Crippen molar-refractivity contribution in [2.45, 2.75) is 16.8 Å². The van der Waals surface area contributed by atoms with Crippen LogP contribution in [0.4, 0.5) is 13.2 Å². The number of rotatable bonds is 3. The van der Waals surface area contributed by atoms with Crippen molar-refractivity contribution >= 4 is 33.6 Å². The lowest BCUT2D eigenvalue weighted by Gasteiger charge is -2.14. The van der Waals surface area contributed by atoms with Gasteiger partial charge in [-0.05, 0) is 30.7 Å². The number of carbonyl (C=O) groups is 1. The molecule has 0 unspecified atom stereocenters. The third-order valence-electron chi connectivity index (χ3n) is 2.86. The number of hydrogen-bond acceptors (Lipinski definition) is 6. The molecule has 2 rings (SSSR count). The fraction of sp³-hybridized carbons (Fsp3) is 0.308. The second-order valence-electron chi connectivity index (χ2n) is 4.39. The minimum Gasteiger partial charge on any atom is -0.465 e. The van der Waals surface area contributed by atoms with Gasteiger partial charge in [-0.15, -0.1) is 11.8 Å². The summed E-state index contributed by atoms with van der Waals surface area (Å²) in [5.41, 5.74) is -5.13. The fourth-order valence-electron chi connectivity index (χ4n) is 1.80. The Morgan fingerprint density at radius 2 is 2.00 bits per heavy atom. The Hall–Kier alpha value is -1.68. The van der Waals surface area contributed by atoms with Gasteiger partial charge in [-0.25, -0.2) is 4.79 Å². The second kappa shape index (κ2) is 6.44. The standard InChI is InChI=1S/C13H11F3O5S2/c1-20-12(17)8-4-5-9-10(3-2-6-22-11(9)7-8)21-23(18,19)13(14,15)16/h3-5,7H,2,6H2,1H3. The van der Waals surface area contributed by atoms with Gasteiger partial charge in [-0.3, -0.25) is 0 Å². The van der Waals surface area contributed by atoms with E-state index in [0.29, 0.717) is 17.1 Å². The zero-order chi connectivity index (χ0) is 17.3. The lowest BCUT2D eigenvalue weighted by Crippen LogP contribution is -2.25. The van der Waals surface area contributed by atoms with Crippen LogP contribution in [0.3, 0.4) is 0 Å². The molecule has 1 aliphatic heterocycles. The molecule has 0 amide bonds. The van der Waals surface area contributed by atoms with E-state index in [0.717, 1.165) is 0 Å². The zero-order valence-corrected chi connectivity index (χ0v) is 13.3. The largest absolute Gasteiger partial charge is 0.534 e. The predicted molar refractivity (Wildman–Crippen MR) is 77.2 cm³/mol. The number of ether oxygens (including phenoxy) is 1. The van der Waals surface area contributed by atoms with Crippen LogP contribution in [0, 0.1) is 0 Å². The molecule has 0 spiro atoms. The number of halogens is 3. The third kappa shape index (κ3) is 3.81. The molecule has 0 N–H and O–H groups in total. The van der Waals surface area contributed by atoms with Crippen molar-refractivity contribution in [2.75, 3.05) is 12.9 Å². The average molecular weight is 368 g/mol. The highest BCUT2D eigenvalue weighted by atomic mass is 32.2. The van der Waals surface area contributed by atoms with Gasteiger partial charge < -0.3 is 8.92 Å². The van der Waals surface area contributed by atoms with Crippen LogP contribution in [0.2, 0.25) is 0 Å². The predicted octanol–water partition coefficient (Wildman–Crippen LogP) is 3.18. The molecule has 1 aromatic rings. The van der Waals surface area contributed by atoms with Crippen LogP contribution >= 0.6 is 11.8 Å². The van der Waals surface area contributed by atoms with E-state index in [1.807, 2.05) is 0 Å². The molecule has 0 aromatic heterocycles. The van der Waals surface area contributed by atoms with Gasteiger partial charge in [0.15, 0.2) is 0 Å². The molecule has 1 aromatic carbocycles. The number of fused-ring (bicyclic) bond motifs is 1. The molecule has 0 atom stereocenters. The summed E-state index contributed by atoms with van der Waals surface area (Å²) in [6.07, 6.45) is 1.59. The van der Waals surface area contributed by atoms with Crippen molar-refractivity contribution < 1.29 is 35.3 Å². The van der Waals surface area contributed by atoms with Gasteiger partial charge in [0.1, 0.15) is 5.76 Å². The minimum atomic E-state index is -5.76. The lowest BCUT2D eigenvalue weighted by molar-refractivity contribution is -0.0509. The van der Waals surface area contributed by atoms with Crippen molar-refractivity contribution in [3.05, 3.63) is 35.4 Å². The minimum absolute atomic E-state index is 0.174. The number of alkyl halides is 3. The highest BCUT2D eigenvalue weighted by Gasteiger charge is 2.49. The second-order valence-corrected chi connectivity index (χ2v) is 7.07. The van der Waals surface area contributed by atoms with Gasteiger partial charge in [0, 0.05) is 16.2 Å². The molecule has 0 saturated heterocycles. The molecule has 0 radical (unpaired) electrons. The summed E-state index contributed by atoms with van der Waals surface area (Å²) in [5.74, 6) is -0.512. The summed E-state index contributed by atoms with van der Waals surface area (Å²) in [7, 11) is -4.56. The van der Waals surface area contributed by atoms with Crippen molar-refractivity contribution in [1.82, 2.24) is 0 Å². The molecule has 126 valence electrons. The quantitative estimate of drug-likeness (QED) is 0.464. The molecule has 1 heterocycles. The Bertz CT molecular complexity index is 753. The summed E-state index contributed by atoms with van der Waals surface area (Å²) < 4.78 is 68.6. The van der Waals surface area contributed by atoms with Crippen LogP contribution in [0.25, 0.3) is 5.76 Å². The van der Waals surface area contributed by atoms with Crippen molar-refractivity contribution in [3.63, 3.8) is 0 Å². The lowest BCUT2D eigenvalue weighted by atomic mass is 10.1. The van der Waals surface area contributed by atoms with Crippen LogP contribution in [-0.4, -0.2) is 32.8 Å². The smallest absolute Gasteiger partial charge is 0.465 e. The Kier molecular flexibility index (Phi) is 4.95. The summed E-state index contributed by atoms with van der Waals surface area (Å²) in [4.78, 5) is 11.9. The summed E-state index contributed by atoms with van der Waals surface area (Å²) in [5, 5.41) is 0. The first-order valence-corrected chi connectivity index (χ1v) is 8.61. The first-order valence-electron chi connectivity index (χ1n) is 6.22. The number of esters is 1. The van der Waals surface area contributed by atoms with E-state index in [1.165, 1.54) is 43.1 Å². The number of allylic oxidation sites excluding steroid dienone is 1. The highest BCUT2D eigenvalue weighted by Crippen LogP contribution is 2.37. The summed E-state index contributed by atoms with van der Waals surface area (Å²) in [6.45, 7) is 0. The maximum atomic E-state index is 12.5. The normalized spacial score (nSPS) is 15.2. The number of benzene rings is 1. The highest BCUT2D eigenvalue weighted by molar-refractivity contribution is 7.99. The maximum absolute atomic E-state index is 12.5. The van der Waals surface area contributed by atoms with Gasteiger partial charge in [-0.2, -0.15) is 21.6 Å². The number of methoxy groups -OCH3 is 1. The van der Waals surface area contributed by atoms with Gasteiger partial charge in [0.25, 0.3) is 0 Å². The Morgan fingerprint density at radius 3 is 2.61 bits per heavy atom. The van der Waals surface area contributed by atoms with Gasteiger partial charge in [0.05, 0.1) is 12.7 Å². The molecular formula is C13H11F3O5S2. The molecular weight excluding hydrogens is 357 g/mol. The summed E-state index contributed by atoms with van der Waals surface area (Å²) >= 11 is 1.27.